The zero-order valence-corrected chi connectivity index (χ0v) is 17.2. The van der Waals surface area contributed by atoms with E-state index in [0.29, 0.717) is 5.56 Å². The molecule has 0 spiro atoms. The molecule has 2 heterocycles. The largest absolute Gasteiger partial charge is 0.283 e. The summed E-state index contributed by atoms with van der Waals surface area (Å²) in [6, 6.07) is 20.8. The fraction of sp³-hybridized carbons (Fsp3) is 0.269. The van der Waals surface area contributed by atoms with Gasteiger partial charge in [-0.3, -0.25) is 4.57 Å². The topological polar surface area (TPSA) is 54.5 Å². The van der Waals surface area contributed by atoms with Gasteiger partial charge in [-0.1, -0.05) is 36.4 Å². The van der Waals surface area contributed by atoms with Crippen LogP contribution in [0, 0.1) is 18.3 Å². The lowest BCUT2D eigenvalue weighted by Gasteiger charge is -2.20. The predicted octanol–water partition coefficient (Wildman–Crippen LogP) is 5.26. The van der Waals surface area contributed by atoms with Crippen molar-refractivity contribution in [3.63, 3.8) is 0 Å². The molecule has 0 saturated carbocycles. The van der Waals surface area contributed by atoms with Crippen molar-refractivity contribution in [2.45, 2.75) is 45.4 Å². The molecule has 4 aromatic rings. The third kappa shape index (κ3) is 3.27. The zero-order chi connectivity index (χ0) is 20.5. The summed E-state index contributed by atoms with van der Waals surface area (Å²) in [5, 5.41) is 10.5. The van der Waals surface area contributed by atoms with E-state index in [-0.39, 0.29) is 0 Å². The van der Waals surface area contributed by atoms with Crippen molar-refractivity contribution in [2.75, 3.05) is 0 Å². The summed E-state index contributed by atoms with van der Waals surface area (Å²) in [6.45, 7) is 2.06. The molecular formula is C26H24N4. The molecule has 4 heteroatoms. The van der Waals surface area contributed by atoms with Gasteiger partial charge in [-0.25, -0.2) is 9.97 Å². The zero-order valence-electron chi connectivity index (χ0n) is 17.2. The molecule has 0 fully saturated rings. The Bertz CT molecular complexity index is 1260. The van der Waals surface area contributed by atoms with Crippen molar-refractivity contribution in [2.24, 2.45) is 0 Å². The van der Waals surface area contributed by atoms with Crippen LogP contribution < -0.4 is 0 Å². The molecule has 1 aliphatic carbocycles. The van der Waals surface area contributed by atoms with E-state index in [0.717, 1.165) is 48.2 Å². The van der Waals surface area contributed by atoms with Gasteiger partial charge in [-0.2, -0.15) is 5.26 Å². The first-order valence-corrected chi connectivity index (χ1v) is 10.7. The number of rotatable bonds is 4. The predicted molar refractivity (Wildman–Crippen MR) is 119 cm³/mol. The lowest BCUT2D eigenvalue weighted by Crippen LogP contribution is -2.16. The first kappa shape index (κ1) is 18.6. The van der Waals surface area contributed by atoms with Crippen LogP contribution in [0.1, 0.15) is 46.6 Å². The summed E-state index contributed by atoms with van der Waals surface area (Å²) in [4.78, 5) is 10.1. The van der Waals surface area contributed by atoms with Gasteiger partial charge in [0.1, 0.15) is 0 Å². The van der Waals surface area contributed by atoms with Crippen LogP contribution in [0.15, 0.2) is 54.6 Å². The van der Waals surface area contributed by atoms with E-state index in [1.165, 1.54) is 35.4 Å². The van der Waals surface area contributed by atoms with Gasteiger partial charge in [0, 0.05) is 22.5 Å². The second-order valence-electron chi connectivity index (χ2n) is 8.06. The van der Waals surface area contributed by atoms with Crippen LogP contribution in [-0.4, -0.2) is 14.5 Å². The lowest BCUT2D eigenvalue weighted by molar-refractivity contribution is 0.643. The summed E-state index contributed by atoms with van der Waals surface area (Å²) >= 11 is 0. The van der Waals surface area contributed by atoms with Crippen molar-refractivity contribution in [3.8, 4) is 12.0 Å². The van der Waals surface area contributed by atoms with E-state index in [1.54, 1.807) is 0 Å². The Kier molecular flexibility index (Phi) is 4.80. The Morgan fingerprint density at radius 3 is 2.63 bits per heavy atom. The van der Waals surface area contributed by atoms with Gasteiger partial charge in [0.05, 0.1) is 17.1 Å². The van der Waals surface area contributed by atoms with Crippen molar-refractivity contribution >= 4 is 10.9 Å². The van der Waals surface area contributed by atoms with Gasteiger partial charge in [-0.15, -0.1) is 0 Å². The SMILES string of the molecule is Cc1cc2c(C#N)cccc2n1-c1nc2c(c(CCc3ccccc3)n1)CCCC2. The summed E-state index contributed by atoms with van der Waals surface area (Å²) in [6.07, 6.45) is 6.39. The van der Waals surface area contributed by atoms with E-state index in [2.05, 4.69) is 60.0 Å². The van der Waals surface area contributed by atoms with E-state index in [1.807, 2.05) is 12.1 Å². The Morgan fingerprint density at radius 1 is 0.967 bits per heavy atom. The molecule has 1 aliphatic rings. The molecule has 0 unspecified atom stereocenters. The third-order valence-corrected chi connectivity index (χ3v) is 6.10. The minimum absolute atomic E-state index is 0.691. The smallest absolute Gasteiger partial charge is 0.234 e. The molecule has 5 rings (SSSR count). The van der Waals surface area contributed by atoms with Gasteiger partial charge < -0.3 is 0 Å². The quantitative estimate of drug-likeness (QED) is 0.476. The molecule has 2 aromatic carbocycles. The van der Waals surface area contributed by atoms with Crippen molar-refractivity contribution < 1.29 is 0 Å². The van der Waals surface area contributed by atoms with Crippen LogP contribution in [0.4, 0.5) is 0 Å². The molecule has 0 aliphatic heterocycles. The molecule has 0 saturated heterocycles. The molecular weight excluding hydrogens is 368 g/mol. The van der Waals surface area contributed by atoms with Crippen LogP contribution in [-0.2, 0) is 25.7 Å². The van der Waals surface area contributed by atoms with E-state index in [9.17, 15) is 5.26 Å². The van der Waals surface area contributed by atoms with Crippen LogP contribution >= 0.6 is 0 Å². The maximum absolute atomic E-state index is 9.50. The highest BCUT2D eigenvalue weighted by molar-refractivity contribution is 5.88. The van der Waals surface area contributed by atoms with Crippen LogP contribution in [0.2, 0.25) is 0 Å². The molecule has 0 N–H and O–H groups in total. The van der Waals surface area contributed by atoms with Gasteiger partial charge in [0.25, 0.3) is 0 Å². The normalized spacial score (nSPS) is 13.2. The van der Waals surface area contributed by atoms with Gasteiger partial charge >= 0.3 is 0 Å². The van der Waals surface area contributed by atoms with Crippen LogP contribution in [0.25, 0.3) is 16.9 Å². The minimum Gasteiger partial charge on any atom is -0.283 e. The third-order valence-electron chi connectivity index (χ3n) is 6.10. The number of nitrogens with zero attached hydrogens (tertiary/aromatic N) is 4. The number of aromatic nitrogens is 3. The van der Waals surface area contributed by atoms with E-state index < -0.39 is 0 Å². The number of nitriles is 1. The molecule has 0 bridgehead atoms. The standard InChI is InChI=1S/C26H24N4/c1-18-16-22-20(17-27)10-7-13-25(22)30(18)26-28-23-12-6-5-11-21(23)24(29-26)15-14-19-8-3-2-4-9-19/h2-4,7-10,13,16H,5-6,11-12,14-15H2,1H3. The second-order valence-corrected chi connectivity index (χ2v) is 8.06. The Morgan fingerprint density at radius 2 is 1.80 bits per heavy atom. The van der Waals surface area contributed by atoms with Gasteiger partial charge in [-0.05, 0) is 74.8 Å². The highest BCUT2D eigenvalue weighted by Gasteiger charge is 2.20. The Balaban J connectivity index is 1.62. The molecule has 148 valence electrons. The summed E-state index contributed by atoms with van der Waals surface area (Å²) in [7, 11) is 0. The van der Waals surface area contributed by atoms with Crippen molar-refractivity contribution in [1.29, 1.82) is 5.26 Å². The van der Waals surface area contributed by atoms with E-state index >= 15 is 0 Å². The fourth-order valence-electron chi connectivity index (χ4n) is 4.60. The van der Waals surface area contributed by atoms with Crippen LogP contribution in [0.3, 0.4) is 0 Å². The van der Waals surface area contributed by atoms with Gasteiger partial charge in [0.15, 0.2) is 0 Å². The lowest BCUT2D eigenvalue weighted by atomic mass is 9.92. The Labute approximate surface area is 176 Å². The van der Waals surface area contributed by atoms with E-state index in [4.69, 9.17) is 9.97 Å². The molecule has 0 amide bonds. The average molecular weight is 393 g/mol. The minimum atomic E-state index is 0.691. The maximum atomic E-state index is 9.50. The molecule has 4 nitrogen and oxygen atoms in total. The molecule has 0 atom stereocenters. The van der Waals surface area contributed by atoms with Crippen LogP contribution in [0.5, 0.6) is 0 Å². The summed E-state index contributed by atoms with van der Waals surface area (Å²) in [5.41, 5.74) is 7.81. The first-order chi connectivity index (χ1) is 14.7. The number of benzene rings is 2. The number of fused-ring (bicyclic) bond motifs is 2. The number of aryl methyl sites for hydroxylation is 4. The fourth-order valence-corrected chi connectivity index (χ4v) is 4.60. The molecule has 0 radical (unpaired) electrons. The Hall–Kier alpha value is -3.45. The summed E-state index contributed by atoms with van der Waals surface area (Å²) in [5.74, 6) is 0.737. The summed E-state index contributed by atoms with van der Waals surface area (Å²) < 4.78 is 2.11. The average Bonchev–Trinajstić information content (AvgIpc) is 3.13. The maximum Gasteiger partial charge on any atom is 0.234 e. The highest BCUT2D eigenvalue weighted by atomic mass is 15.2. The monoisotopic (exact) mass is 392 g/mol. The molecule has 2 aromatic heterocycles. The second kappa shape index (κ2) is 7.76. The number of hydrogen-bond acceptors (Lipinski definition) is 3. The van der Waals surface area contributed by atoms with Crippen molar-refractivity contribution in [1.82, 2.24) is 14.5 Å². The highest BCUT2D eigenvalue weighted by Crippen LogP contribution is 2.28. The van der Waals surface area contributed by atoms with Crippen molar-refractivity contribution in [3.05, 3.63) is 88.4 Å². The first-order valence-electron chi connectivity index (χ1n) is 10.7. The number of hydrogen-bond donors (Lipinski definition) is 0. The van der Waals surface area contributed by atoms with Gasteiger partial charge in [0.2, 0.25) is 5.95 Å². The molecule has 30 heavy (non-hydrogen) atoms.